The molecular formula is C16H24N2O2. The molecule has 0 heterocycles. The van der Waals surface area contributed by atoms with Crippen LogP contribution < -0.4 is 10.6 Å². The number of nitrogens with one attached hydrogen (secondary N) is 2. The maximum Gasteiger partial charge on any atom is 0.251 e. The number of rotatable bonds is 6. The summed E-state index contributed by atoms with van der Waals surface area (Å²) in [7, 11) is 0. The molecule has 1 aliphatic carbocycles. The van der Waals surface area contributed by atoms with E-state index in [2.05, 4.69) is 24.5 Å². The highest BCUT2D eigenvalue weighted by atomic mass is 16.3. The first-order valence-electron chi connectivity index (χ1n) is 7.35. The maximum absolute atomic E-state index is 11.7. The minimum atomic E-state index is -0.144. The number of aliphatic hydroxyl groups is 1. The van der Waals surface area contributed by atoms with Gasteiger partial charge in [-0.05, 0) is 48.9 Å². The number of carbonyl (C=O) groups excluding carboxylic acids is 1. The van der Waals surface area contributed by atoms with Crippen molar-refractivity contribution in [1.82, 2.24) is 5.32 Å². The third kappa shape index (κ3) is 3.73. The quantitative estimate of drug-likeness (QED) is 0.747. The molecule has 1 aliphatic rings. The average molecular weight is 276 g/mol. The molecular weight excluding hydrogens is 252 g/mol. The second-order valence-electron chi connectivity index (χ2n) is 5.87. The summed E-state index contributed by atoms with van der Waals surface area (Å²) in [5.41, 5.74) is 1.69. The van der Waals surface area contributed by atoms with Gasteiger partial charge in [0.15, 0.2) is 0 Å². The first-order chi connectivity index (χ1) is 9.60. The number of aliphatic hydroxyl groups excluding tert-OH is 1. The Bertz CT molecular complexity index is 436. The van der Waals surface area contributed by atoms with Crippen LogP contribution in [0, 0.1) is 11.8 Å². The fourth-order valence-electron chi connectivity index (χ4n) is 2.55. The average Bonchev–Trinajstić information content (AvgIpc) is 2.40. The third-order valence-corrected chi connectivity index (χ3v) is 4.03. The lowest BCUT2D eigenvalue weighted by Gasteiger charge is -2.39. The summed E-state index contributed by atoms with van der Waals surface area (Å²) in [5, 5.41) is 14.8. The fraction of sp³-hybridized carbons (Fsp3) is 0.562. The topological polar surface area (TPSA) is 61.4 Å². The van der Waals surface area contributed by atoms with Crippen LogP contribution in [0.1, 0.15) is 37.0 Å². The Labute approximate surface area is 120 Å². The normalized spacial score (nSPS) is 21.4. The van der Waals surface area contributed by atoms with Gasteiger partial charge >= 0.3 is 0 Å². The molecule has 0 bridgehead atoms. The van der Waals surface area contributed by atoms with E-state index in [-0.39, 0.29) is 19.1 Å². The smallest absolute Gasteiger partial charge is 0.251 e. The Balaban J connectivity index is 1.82. The number of benzene rings is 1. The monoisotopic (exact) mass is 276 g/mol. The first-order valence-corrected chi connectivity index (χ1v) is 7.35. The molecule has 0 unspecified atom stereocenters. The molecule has 110 valence electrons. The Morgan fingerprint density at radius 3 is 2.50 bits per heavy atom. The van der Waals surface area contributed by atoms with Gasteiger partial charge in [-0.3, -0.25) is 4.79 Å². The van der Waals surface area contributed by atoms with E-state index >= 15 is 0 Å². The van der Waals surface area contributed by atoms with Crippen LogP contribution in [0.4, 0.5) is 5.69 Å². The molecule has 0 spiro atoms. The van der Waals surface area contributed by atoms with E-state index in [1.807, 2.05) is 24.3 Å². The molecule has 1 aromatic carbocycles. The highest BCUT2D eigenvalue weighted by Crippen LogP contribution is 2.35. The van der Waals surface area contributed by atoms with E-state index in [1.54, 1.807) is 0 Å². The molecule has 0 aromatic heterocycles. The molecule has 3 N–H and O–H groups in total. The van der Waals surface area contributed by atoms with Crippen molar-refractivity contribution in [2.75, 3.05) is 18.5 Å². The largest absolute Gasteiger partial charge is 0.395 e. The van der Waals surface area contributed by atoms with Crippen molar-refractivity contribution in [2.24, 2.45) is 11.8 Å². The van der Waals surface area contributed by atoms with Crippen LogP contribution >= 0.6 is 0 Å². The molecule has 0 radical (unpaired) electrons. The minimum Gasteiger partial charge on any atom is -0.395 e. The Hall–Kier alpha value is -1.55. The van der Waals surface area contributed by atoms with Gasteiger partial charge in [-0.15, -0.1) is 0 Å². The first kappa shape index (κ1) is 14.9. The van der Waals surface area contributed by atoms with Gasteiger partial charge in [-0.2, -0.15) is 0 Å². The maximum atomic E-state index is 11.7. The van der Waals surface area contributed by atoms with Crippen molar-refractivity contribution < 1.29 is 9.90 Å². The van der Waals surface area contributed by atoms with Crippen molar-refractivity contribution >= 4 is 11.6 Å². The predicted octanol–water partition coefficient (Wildman–Crippen LogP) is 2.26. The summed E-state index contributed by atoms with van der Waals surface area (Å²) in [6.45, 7) is 4.81. The van der Waals surface area contributed by atoms with Crippen LogP contribution in [0.15, 0.2) is 24.3 Å². The van der Waals surface area contributed by atoms with Gasteiger partial charge in [0.05, 0.1) is 6.61 Å². The zero-order valence-corrected chi connectivity index (χ0v) is 12.2. The SMILES string of the molecule is CC(C)C1CC(Nc2ccc(C(=O)NCCO)cc2)C1. The Morgan fingerprint density at radius 1 is 1.30 bits per heavy atom. The molecule has 1 saturated carbocycles. The van der Waals surface area contributed by atoms with E-state index < -0.39 is 0 Å². The summed E-state index contributed by atoms with van der Waals surface area (Å²) in [6, 6.07) is 8.07. The molecule has 20 heavy (non-hydrogen) atoms. The summed E-state index contributed by atoms with van der Waals surface area (Å²) in [4.78, 5) is 11.7. The lowest BCUT2D eigenvalue weighted by Crippen LogP contribution is -2.37. The lowest BCUT2D eigenvalue weighted by atomic mass is 9.73. The third-order valence-electron chi connectivity index (χ3n) is 4.03. The molecule has 2 rings (SSSR count). The standard InChI is InChI=1S/C16H24N2O2/c1-11(2)13-9-15(10-13)18-14-5-3-12(4-6-14)16(20)17-7-8-19/h3-6,11,13,15,18-19H,7-10H2,1-2H3,(H,17,20). The van der Waals surface area contributed by atoms with E-state index in [9.17, 15) is 4.79 Å². The molecule has 4 nitrogen and oxygen atoms in total. The molecule has 1 fully saturated rings. The van der Waals surface area contributed by atoms with Crippen LogP contribution in [0.2, 0.25) is 0 Å². The number of anilines is 1. The number of hydrogen-bond acceptors (Lipinski definition) is 3. The van der Waals surface area contributed by atoms with Gasteiger partial charge in [0.1, 0.15) is 0 Å². The number of hydrogen-bond donors (Lipinski definition) is 3. The molecule has 0 atom stereocenters. The second kappa shape index (κ2) is 6.75. The Kier molecular flexibility index (Phi) is 5.01. The molecule has 0 aliphatic heterocycles. The van der Waals surface area contributed by atoms with Crippen molar-refractivity contribution in [3.8, 4) is 0 Å². The van der Waals surface area contributed by atoms with Crippen molar-refractivity contribution in [2.45, 2.75) is 32.7 Å². The van der Waals surface area contributed by atoms with E-state index in [1.165, 1.54) is 12.8 Å². The number of carbonyl (C=O) groups is 1. The number of amides is 1. The molecule has 1 amide bonds. The highest BCUT2D eigenvalue weighted by molar-refractivity contribution is 5.94. The molecule has 4 heteroatoms. The minimum absolute atomic E-state index is 0.0376. The zero-order valence-electron chi connectivity index (χ0n) is 12.2. The van der Waals surface area contributed by atoms with Gasteiger partial charge in [0.25, 0.3) is 5.91 Å². The van der Waals surface area contributed by atoms with Crippen LogP contribution in [0.5, 0.6) is 0 Å². The fourth-order valence-corrected chi connectivity index (χ4v) is 2.55. The summed E-state index contributed by atoms with van der Waals surface area (Å²) < 4.78 is 0. The van der Waals surface area contributed by atoms with Crippen LogP contribution in [0.25, 0.3) is 0 Å². The Morgan fingerprint density at radius 2 is 1.95 bits per heavy atom. The van der Waals surface area contributed by atoms with E-state index in [0.29, 0.717) is 11.6 Å². The van der Waals surface area contributed by atoms with Gasteiger partial charge in [0, 0.05) is 23.8 Å². The molecule has 0 saturated heterocycles. The second-order valence-corrected chi connectivity index (χ2v) is 5.87. The van der Waals surface area contributed by atoms with E-state index in [4.69, 9.17) is 5.11 Å². The van der Waals surface area contributed by atoms with Gasteiger partial charge in [0.2, 0.25) is 0 Å². The summed E-state index contributed by atoms with van der Waals surface area (Å²) in [5.74, 6) is 1.47. The van der Waals surface area contributed by atoms with Crippen molar-refractivity contribution in [1.29, 1.82) is 0 Å². The van der Waals surface area contributed by atoms with Crippen molar-refractivity contribution in [3.05, 3.63) is 29.8 Å². The van der Waals surface area contributed by atoms with Crippen LogP contribution in [0.3, 0.4) is 0 Å². The van der Waals surface area contributed by atoms with Crippen LogP contribution in [-0.4, -0.2) is 30.2 Å². The van der Waals surface area contributed by atoms with Gasteiger partial charge in [-0.1, -0.05) is 13.8 Å². The summed E-state index contributed by atoms with van der Waals surface area (Å²) in [6.07, 6.45) is 2.47. The van der Waals surface area contributed by atoms with E-state index in [0.717, 1.165) is 17.5 Å². The lowest BCUT2D eigenvalue weighted by molar-refractivity contribution is 0.0945. The predicted molar refractivity (Wildman–Crippen MR) is 80.8 cm³/mol. The van der Waals surface area contributed by atoms with Crippen LogP contribution in [-0.2, 0) is 0 Å². The molecule has 1 aromatic rings. The summed E-state index contributed by atoms with van der Waals surface area (Å²) >= 11 is 0. The van der Waals surface area contributed by atoms with Gasteiger partial charge in [-0.25, -0.2) is 0 Å². The zero-order chi connectivity index (χ0) is 14.5. The highest BCUT2D eigenvalue weighted by Gasteiger charge is 2.30. The van der Waals surface area contributed by atoms with Gasteiger partial charge < -0.3 is 15.7 Å². The van der Waals surface area contributed by atoms with Crippen molar-refractivity contribution in [3.63, 3.8) is 0 Å².